The highest BCUT2D eigenvalue weighted by atomic mass is 16.3. The zero-order valence-electron chi connectivity index (χ0n) is 18.8. The summed E-state index contributed by atoms with van der Waals surface area (Å²) in [4.78, 5) is 11.5. The fourth-order valence-electron chi connectivity index (χ4n) is 8.76. The maximum absolute atomic E-state index is 11.5. The molecule has 0 spiro atoms. The molecule has 0 aromatic carbocycles. The van der Waals surface area contributed by atoms with Crippen LogP contribution in [-0.2, 0) is 4.79 Å². The third kappa shape index (κ3) is 3.32. The standard InChI is InChI=1S/C25H42O4/c1-14(5-6-15(2)26)18-7-8-19-23-20(13-22(29)25(18,19)4)24(3)10-9-17(27)11-16(24)12-21(23)28/h14,16-23,27-29H,5-13H2,1-4H3/t14-,16+,17-,18-,19?,20?,21-,22+,23?,24+,25-/m1/s1. The molecule has 4 fully saturated rings. The molecule has 0 amide bonds. The smallest absolute Gasteiger partial charge is 0.129 e. The van der Waals surface area contributed by atoms with Gasteiger partial charge in [0.1, 0.15) is 5.78 Å². The SMILES string of the molecule is CC(=O)CC[C@@H](C)[C@H]1CCC2C3C(C[C@H](O)[C@@]21C)[C@@]1(C)CC[C@@H](O)C[C@H]1C[C@H]3O. The minimum absolute atomic E-state index is 0.129. The molecular formula is C25H42O4. The molecule has 0 aromatic rings. The van der Waals surface area contributed by atoms with E-state index in [2.05, 4.69) is 20.8 Å². The van der Waals surface area contributed by atoms with Crippen LogP contribution in [0.1, 0.15) is 85.5 Å². The van der Waals surface area contributed by atoms with Gasteiger partial charge in [0.2, 0.25) is 0 Å². The summed E-state index contributed by atoms with van der Waals surface area (Å²) in [6.45, 7) is 8.59. The van der Waals surface area contributed by atoms with E-state index in [9.17, 15) is 20.1 Å². The maximum atomic E-state index is 11.5. The van der Waals surface area contributed by atoms with Gasteiger partial charge < -0.3 is 20.1 Å². The third-order valence-electron chi connectivity index (χ3n) is 10.5. The summed E-state index contributed by atoms with van der Waals surface area (Å²) in [6.07, 6.45) is 7.12. The van der Waals surface area contributed by atoms with Crippen molar-refractivity contribution in [3.63, 3.8) is 0 Å². The van der Waals surface area contributed by atoms with Crippen LogP contribution >= 0.6 is 0 Å². The third-order valence-corrected chi connectivity index (χ3v) is 10.5. The van der Waals surface area contributed by atoms with E-state index in [0.717, 1.165) is 51.4 Å². The minimum Gasteiger partial charge on any atom is -0.393 e. The molecule has 4 saturated carbocycles. The minimum atomic E-state index is -0.337. The lowest BCUT2D eigenvalue weighted by atomic mass is 9.43. The monoisotopic (exact) mass is 406 g/mol. The predicted molar refractivity (Wildman–Crippen MR) is 113 cm³/mol. The number of hydrogen-bond acceptors (Lipinski definition) is 4. The molecular weight excluding hydrogens is 364 g/mol. The number of carbonyl (C=O) groups excluding carboxylic acids is 1. The highest BCUT2D eigenvalue weighted by Crippen LogP contribution is 2.68. The molecule has 0 aliphatic heterocycles. The van der Waals surface area contributed by atoms with E-state index in [0.29, 0.717) is 36.0 Å². The van der Waals surface area contributed by atoms with Gasteiger partial charge in [0.05, 0.1) is 18.3 Å². The van der Waals surface area contributed by atoms with E-state index in [-0.39, 0.29) is 40.8 Å². The van der Waals surface area contributed by atoms with Gasteiger partial charge in [-0.15, -0.1) is 0 Å². The van der Waals surface area contributed by atoms with E-state index in [1.54, 1.807) is 6.92 Å². The summed E-state index contributed by atoms with van der Waals surface area (Å²) < 4.78 is 0. The average Bonchev–Trinajstić information content (AvgIpc) is 3.01. The van der Waals surface area contributed by atoms with Gasteiger partial charge in [-0.3, -0.25) is 0 Å². The van der Waals surface area contributed by atoms with Crippen LogP contribution in [0.15, 0.2) is 0 Å². The van der Waals surface area contributed by atoms with Crippen LogP contribution in [0.5, 0.6) is 0 Å². The molecule has 0 bridgehead atoms. The Morgan fingerprint density at radius 3 is 2.45 bits per heavy atom. The largest absolute Gasteiger partial charge is 0.393 e. The van der Waals surface area contributed by atoms with Crippen LogP contribution < -0.4 is 0 Å². The summed E-state index contributed by atoms with van der Waals surface area (Å²) in [7, 11) is 0. The number of ketones is 1. The summed E-state index contributed by atoms with van der Waals surface area (Å²) >= 11 is 0. The van der Waals surface area contributed by atoms with Gasteiger partial charge in [0.25, 0.3) is 0 Å². The normalized spacial score (nSPS) is 52.9. The van der Waals surface area contributed by atoms with Crippen molar-refractivity contribution in [2.24, 2.45) is 46.3 Å². The molecule has 29 heavy (non-hydrogen) atoms. The zero-order valence-corrected chi connectivity index (χ0v) is 18.8. The zero-order chi connectivity index (χ0) is 21.1. The van der Waals surface area contributed by atoms with E-state index in [4.69, 9.17) is 0 Å². The van der Waals surface area contributed by atoms with Crippen LogP contribution in [0.4, 0.5) is 0 Å². The number of carbonyl (C=O) groups is 1. The summed E-state index contributed by atoms with van der Waals surface area (Å²) in [5.74, 6) is 2.45. The van der Waals surface area contributed by atoms with Gasteiger partial charge in [-0.05, 0) is 105 Å². The Morgan fingerprint density at radius 2 is 1.76 bits per heavy atom. The second-order valence-electron chi connectivity index (χ2n) is 11.7. The van der Waals surface area contributed by atoms with Crippen molar-refractivity contribution in [2.75, 3.05) is 0 Å². The Bertz CT molecular complexity index is 634. The van der Waals surface area contributed by atoms with E-state index >= 15 is 0 Å². The first-order chi connectivity index (χ1) is 13.6. The Balaban J connectivity index is 1.61. The van der Waals surface area contributed by atoms with Gasteiger partial charge in [0.15, 0.2) is 0 Å². The molecule has 3 unspecified atom stereocenters. The molecule has 4 rings (SSSR count). The first kappa shape index (κ1) is 21.8. The predicted octanol–water partition coefficient (Wildman–Crippen LogP) is 3.95. The highest BCUT2D eigenvalue weighted by Gasteiger charge is 2.65. The molecule has 4 aliphatic carbocycles. The molecule has 0 saturated heterocycles. The number of hydrogen-bond donors (Lipinski definition) is 3. The number of fused-ring (bicyclic) bond motifs is 5. The van der Waals surface area contributed by atoms with E-state index in [1.165, 1.54) is 0 Å². The molecule has 0 radical (unpaired) electrons. The highest BCUT2D eigenvalue weighted by molar-refractivity contribution is 5.75. The molecule has 4 aliphatic rings. The molecule has 4 heteroatoms. The van der Waals surface area contributed by atoms with Gasteiger partial charge in [0, 0.05) is 6.42 Å². The Morgan fingerprint density at radius 1 is 1.03 bits per heavy atom. The second kappa shape index (κ2) is 7.60. The molecule has 3 N–H and O–H groups in total. The number of rotatable bonds is 4. The van der Waals surface area contributed by atoms with Gasteiger partial charge in [-0.25, -0.2) is 0 Å². The van der Waals surface area contributed by atoms with Crippen LogP contribution in [0.25, 0.3) is 0 Å². The van der Waals surface area contributed by atoms with Crippen molar-refractivity contribution in [1.82, 2.24) is 0 Å². The van der Waals surface area contributed by atoms with Gasteiger partial charge in [-0.2, -0.15) is 0 Å². The van der Waals surface area contributed by atoms with Gasteiger partial charge >= 0.3 is 0 Å². The lowest BCUT2D eigenvalue weighted by molar-refractivity contribution is -0.207. The van der Waals surface area contributed by atoms with Crippen LogP contribution in [0, 0.1) is 46.3 Å². The van der Waals surface area contributed by atoms with Crippen molar-refractivity contribution in [3.05, 3.63) is 0 Å². The van der Waals surface area contributed by atoms with Crippen molar-refractivity contribution < 1.29 is 20.1 Å². The number of aliphatic hydroxyl groups excluding tert-OH is 3. The average molecular weight is 407 g/mol. The van der Waals surface area contributed by atoms with E-state index in [1.807, 2.05) is 0 Å². The number of aliphatic hydroxyl groups is 3. The lowest BCUT2D eigenvalue weighted by Crippen LogP contribution is -2.62. The Hall–Kier alpha value is -0.450. The van der Waals surface area contributed by atoms with E-state index < -0.39 is 0 Å². The molecule has 4 nitrogen and oxygen atoms in total. The first-order valence-corrected chi connectivity index (χ1v) is 12.1. The number of Topliss-reactive ketones (excluding diaryl/α,β-unsaturated/α-hetero) is 1. The van der Waals surface area contributed by atoms with Crippen molar-refractivity contribution in [2.45, 2.75) is 104 Å². The maximum Gasteiger partial charge on any atom is 0.129 e. The first-order valence-electron chi connectivity index (χ1n) is 12.1. The molecule has 0 heterocycles. The summed E-state index contributed by atoms with van der Waals surface area (Å²) in [5, 5.41) is 33.0. The lowest BCUT2D eigenvalue weighted by Gasteiger charge is -2.63. The van der Waals surface area contributed by atoms with Crippen molar-refractivity contribution in [1.29, 1.82) is 0 Å². The fraction of sp³-hybridized carbons (Fsp3) is 0.960. The molecule has 0 aromatic heterocycles. The Labute approximate surface area is 176 Å². The summed E-state index contributed by atoms with van der Waals surface area (Å²) in [6, 6.07) is 0. The van der Waals surface area contributed by atoms with Gasteiger partial charge in [-0.1, -0.05) is 20.8 Å². The van der Waals surface area contributed by atoms with Crippen molar-refractivity contribution in [3.8, 4) is 0 Å². The fourth-order valence-corrected chi connectivity index (χ4v) is 8.76. The molecule has 11 atom stereocenters. The quantitative estimate of drug-likeness (QED) is 0.660. The van der Waals surface area contributed by atoms with Crippen LogP contribution in [0.3, 0.4) is 0 Å². The van der Waals surface area contributed by atoms with Crippen LogP contribution in [-0.4, -0.2) is 39.4 Å². The molecule has 166 valence electrons. The second-order valence-corrected chi connectivity index (χ2v) is 11.7. The topological polar surface area (TPSA) is 77.8 Å². The van der Waals surface area contributed by atoms with Crippen LogP contribution in [0.2, 0.25) is 0 Å². The van der Waals surface area contributed by atoms with Crippen molar-refractivity contribution >= 4 is 5.78 Å². The summed E-state index contributed by atoms with van der Waals surface area (Å²) in [5.41, 5.74) is -0.0283. The Kier molecular flexibility index (Phi) is 5.71.